The second-order valence-corrected chi connectivity index (χ2v) is 6.01. The van der Waals surface area contributed by atoms with Crippen molar-refractivity contribution < 1.29 is 13.2 Å². The minimum absolute atomic E-state index is 0.0174. The highest BCUT2D eigenvalue weighted by Gasteiger charge is 2.21. The van der Waals surface area contributed by atoms with Crippen LogP contribution < -0.4 is 15.1 Å². The van der Waals surface area contributed by atoms with Gasteiger partial charge < -0.3 is 15.1 Å². The standard InChI is InChI=1S/C17H15F3N8/c18-11-2-3-12(15(20)14(11)19)24-16-25-13(10-23-26-16)27-6-8-28(9-7-27)17-21-4-1-5-22-17/h1-5,10H,6-9H2,(H,24,25,26). The maximum atomic E-state index is 13.8. The van der Waals surface area contributed by atoms with Crippen molar-refractivity contribution in [3.63, 3.8) is 0 Å². The van der Waals surface area contributed by atoms with E-state index in [-0.39, 0.29) is 11.6 Å². The van der Waals surface area contributed by atoms with E-state index in [1.54, 1.807) is 18.5 Å². The average Bonchev–Trinajstić information content (AvgIpc) is 2.75. The van der Waals surface area contributed by atoms with E-state index >= 15 is 0 Å². The van der Waals surface area contributed by atoms with Gasteiger partial charge in [0.05, 0.1) is 11.9 Å². The highest BCUT2D eigenvalue weighted by atomic mass is 19.2. The van der Waals surface area contributed by atoms with Crippen LogP contribution in [0.2, 0.25) is 0 Å². The Hall–Kier alpha value is -3.50. The van der Waals surface area contributed by atoms with Gasteiger partial charge in [0.25, 0.3) is 0 Å². The normalized spacial score (nSPS) is 14.2. The van der Waals surface area contributed by atoms with Gasteiger partial charge in [-0.25, -0.2) is 23.1 Å². The molecule has 1 fully saturated rings. The predicted octanol–water partition coefficient (Wildman–Crippen LogP) is 2.15. The molecular weight excluding hydrogens is 373 g/mol. The van der Waals surface area contributed by atoms with Crippen molar-refractivity contribution in [2.24, 2.45) is 0 Å². The molecule has 8 nitrogen and oxygen atoms in total. The maximum absolute atomic E-state index is 13.8. The first-order chi connectivity index (χ1) is 13.6. The Morgan fingerprint density at radius 1 is 0.893 bits per heavy atom. The first-order valence-corrected chi connectivity index (χ1v) is 8.49. The monoisotopic (exact) mass is 388 g/mol. The van der Waals surface area contributed by atoms with Gasteiger partial charge >= 0.3 is 0 Å². The van der Waals surface area contributed by atoms with E-state index in [1.807, 2.05) is 4.90 Å². The van der Waals surface area contributed by atoms with Crippen LogP contribution in [0.3, 0.4) is 0 Å². The third-order valence-electron chi connectivity index (χ3n) is 4.27. The summed E-state index contributed by atoms with van der Waals surface area (Å²) in [5.74, 6) is -2.99. The summed E-state index contributed by atoms with van der Waals surface area (Å²) in [7, 11) is 0. The smallest absolute Gasteiger partial charge is 0.249 e. The van der Waals surface area contributed by atoms with Crippen molar-refractivity contribution in [3.8, 4) is 0 Å². The molecule has 3 aromatic rings. The summed E-state index contributed by atoms with van der Waals surface area (Å²) in [6.07, 6.45) is 4.87. The molecule has 1 aliphatic rings. The molecule has 144 valence electrons. The number of rotatable bonds is 4. The number of hydrogen-bond acceptors (Lipinski definition) is 8. The summed E-state index contributed by atoms with van der Waals surface area (Å²) in [5.41, 5.74) is -0.274. The maximum Gasteiger partial charge on any atom is 0.249 e. The van der Waals surface area contributed by atoms with Crippen LogP contribution in [-0.4, -0.2) is 51.3 Å². The molecule has 0 amide bonds. The molecule has 0 unspecified atom stereocenters. The van der Waals surface area contributed by atoms with Gasteiger partial charge in [-0.1, -0.05) is 0 Å². The zero-order valence-corrected chi connectivity index (χ0v) is 14.6. The minimum atomic E-state index is -1.56. The van der Waals surface area contributed by atoms with E-state index in [9.17, 15) is 13.2 Å². The van der Waals surface area contributed by atoms with Crippen molar-refractivity contribution in [1.29, 1.82) is 0 Å². The molecule has 0 saturated carbocycles. The number of anilines is 4. The van der Waals surface area contributed by atoms with Gasteiger partial charge in [-0.15, -0.1) is 5.10 Å². The molecular formula is C17H15F3N8. The van der Waals surface area contributed by atoms with Crippen molar-refractivity contribution in [2.45, 2.75) is 0 Å². The molecule has 1 saturated heterocycles. The number of nitrogens with zero attached hydrogens (tertiary/aromatic N) is 7. The fourth-order valence-electron chi connectivity index (χ4n) is 2.83. The van der Waals surface area contributed by atoms with Crippen LogP contribution in [0.1, 0.15) is 0 Å². The fraction of sp³-hybridized carbons (Fsp3) is 0.235. The largest absolute Gasteiger partial charge is 0.352 e. The van der Waals surface area contributed by atoms with E-state index < -0.39 is 17.5 Å². The van der Waals surface area contributed by atoms with Crippen LogP contribution in [0.5, 0.6) is 0 Å². The summed E-state index contributed by atoms with van der Waals surface area (Å²) in [6, 6.07) is 3.65. The molecule has 28 heavy (non-hydrogen) atoms. The lowest BCUT2D eigenvalue weighted by molar-refractivity contribution is 0.449. The van der Waals surface area contributed by atoms with E-state index in [0.29, 0.717) is 37.9 Å². The van der Waals surface area contributed by atoms with Gasteiger partial charge in [-0.05, 0) is 18.2 Å². The molecule has 1 N–H and O–H groups in total. The van der Waals surface area contributed by atoms with Gasteiger partial charge in [-0.3, -0.25) is 0 Å². The van der Waals surface area contributed by atoms with Crippen LogP contribution in [0.15, 0.2) is 36.8 Å². The summed E-state index contributed by atoms with van der Waals surface area (Å²) >= 11 is 0. The molecule has 0 atom stereocenters. The van der Waals surface area contributed by atoms with Crippen LogP contribution in [0.4, 0.5) is 36.6 Å². The predicted molar refractivity (Wildman–Crippen MR) is 95.9 cm³/mol. The number of halogens is 3. The Labute approximate surface area is 158 Å². The van der Waals surface area contributed by atoms with Gasteiger partial charge in [0.15, 0.2) is 23.3 Å². The lowest BCUT2D eigenvalue weighted by atomic mass is 10.3. The molecule has 1 aromatic carbocycles. The summed E-state index contributed by atoms with van der Waals surface area (Å²) in [4.78, 5) is 16.8. The van der Waals surface area contributed by atoms with E-state index in [0.717, 1.165) is 12.1 Å². The Morgan fingerprint density at radius 2 is 1.61 bits per heavy atom. The van der Waals surface area contributed by atoms with Crippen LogP contribution in [0, 0.1) is 17.5 Å². The van der Waals surface area contributed by atoms with Gasteiger partial charge in [0.2, 0.25) is 11.9 Å². The number of aromatic nitrogens is 5. The molecule has 2 aromatic heterocycles. The topological polar surface area (TPSA) is 83.0 Å². The second-order valence-electron chi connectivity index (χ2n) is 6.01. The lowest BCUT2D eigenvalue weighted by Gasteiger charge is -2.35. The van der Waals surface area contributed by atoms with Gasteiger partial charge in [0, 0.05) is 38.6 Å². The first-order valence-electron chi connectivity index (χ1n) is 8.49. The highest BCUT2D eigenvalue weighted by molar-refractivity contribution is 5.55. The zero-order valence-electron chi connectivity index (χ0n) is 14.6. The Morgan fingerprint density at radius 3 is 2.36 bits per heavy atom. The zero-order chi connectivity index (χ0) is 19.5. The Kier molecular flexibility index (Phi) is 4.87. The summed E-state index contributed by atoms with van der Waals surface area (Å²) < 4.78 is 40.3. The molecule has 4 rings (SSSR count). The summed E-state index contributed by atoms with van der Waals surface area (Å²) in [6.45, 7) is 2.68. The second kappa shape index (κ2) is 7.62. The van der Waals surface area contributed by atoms with Crippen molar-refractivity contribution in [2.75, 3.05) is 41.3 Å². The van der Waals surface area contributed by atoms with Crippen molar-refractivity contribution in [1.82, 2.24) is 25.1 Å². The number of piperazine rings is 1. The Bertz CT molecular complexity index is 964. The molecule has 0 radical (unpaired) electrons. The van der Waals surface area contributed by atoms with Crippen LogP contribution in [-0.2, 0) is 0 Å². The van der Waals surface area contributed by atoms with Crippen LogP contribution in [0.25, 0.3) is 0 Å². The Balaban J connectivity index is 1.45. The minimum Gasteiger partial charge on any atom is -0.352 e. The highest BCUT2D eigenvalue weighted by Crippen LogP contribution is 2.23. The van der Waals surface area contributed by atoms with E-state index in [1.165, 1.54) is 6.20 Å². The number of hydrogen-bond donors (Lipinski definition) is 1. The molecule has 3 heterocycles. The SMILES string of the molecule is Fc1ccc(Nc2nncc(N3CCN(c4ncccn4)CC3)n2)c(F)c1F. The quantitative estimate of drug-likeness (QED) is 0.681. The molecule has 11 heteroatoms. The van der Waals surface area contributed by atoms with Crippen LogP contribution >= 0.6 is 0 Å². The molecule has 0 aliphatic carbocycles. The van der Waals surface area contributed by atoms with E-state index in [2.05, 4.69) is 35.4 Å². The number of benzene rings is 1. The number of nitrogens with one attached hydrogen (secondary N) is 1. The first kappa shape index (κ1) is 17.9. The lowest BCUT2D eigenvalue weighted by Crippen LogP contribution is -2.47. The fourth-order valence-corrected chi connectivity index (χ4v) is 2.83. The molecule has 0 spiro atoms. The van der Waals surface area contributed by atoms with Gasteiger partial charge in [0.1, 0.15) is 0 Å². The molecule has 1 aliphatic heterocycles. The van der Waals surface area contributed by atoms with Crippen molar-refractivity contribution >= 4 is 23.4 Å². The average molecular weight is 388 g/mol. The summed E-state index contributed by atoms with van der Waals surface area (Å²) in [5, 5.41) is 10.2. The van der Waals surface area contributed by atoms with E-state index in [4.69, 9.17) is 0 Å². The third-order valence-corrected chi connectivity index (χ3v) is 4.27. The third kappa shape index (κ3) is 3.63. The van der Waals surface area contributed by atoms with Crippen molar-refractivity contribution in [3.05, 3.63) is 54.2 Å². The van der Waals surface area contributed by atoms with Gasteiger partial charge in [-0.2, -0.15) is 10.1 Å². The molecule has 0 bridgehead atoms.